The van der Waals surface area contributed by atoms with Gasteiger partial charge in [-0.1, -0.05) is 69.7 Å². The van der Waals surface area contributed by atoms with Gasteiger partial charge in [-0.3, -0.25) is 28.9 Å². The molecule has 438 valence electrons. The molecule has 19 heteroatoms. The van der Waals surface area contributed by atoms with E-state index in [1.165, 1.54) is 26.2 Å². The van der Waals surface area contributed by atoms with Crippen LogP contribution in [0, 0.1) is 0 Å². The van der Waals surface area contributed by atoms with Crippen LogP contribution in [0.1, 0.15) is 153 Å². The molecule has 0 saturated carbocycles. The largest absolute Gasteiger partial charge is 0.493 e. The maximum Gasteiger partial charge on any atom is 0.329 e. The zero-order valence-electron chi connectivity index (χ0n) is 47.8. The lowest BCUT2D eigenvalue weighted by molar-refractivity contribution is -0.162. The van der Waals surface area contributed by atoms with Crippen molar-refractivity contribution >= 4 is 35.5 Å². The highest BCUT2D eigenvalue weighted by Gasteiger charge is 2.43. The molecular weight excluding hydrogens is 1040 g/mol. The Hall–Kier alpha value is -7.54. The lowest BCUT2D eigenvalue weighted by Crippen LogP contribution is -2.50. The summed E-state index contributed by atoms with van der Waals surface area (Å²) in [4.78, 5) is 83.6. The van der Waals surface area contributed by atoms with E-state index in [0.29, 0.717) is 109 Å². The first kappa shape index (κ1) is 61.1. The predicted molar refractivity (Wildman–Crippen MR) is 301 cm³/mol. The van der Waals surface area contributed by atoms with Crippen molar-refractivity contribution in [3.8, 4) is 40.2 Å². The van der Waals surface area contributed by atoms with Gasteiger partial charge in [-0.2, -0.15) is 0 Å². The van der Waals surface area contributed by atoms with Gasteiger partial charge in [-0.25, -0.2) is 4.79 Å². The number of hydrogen-bond acceptors (Lipinski definition) is 15. The first-order chi connectivity index (χ1) is 39.4. The molecule has 4 atom stereocenters. The van der Waals surface area contributed by atoms with Crippen molar-refractivity contribution in [1.82, 2.24) is 20.4 Å². The molecule has 4 aromatic carbocycles. The molecule has 3 heterocycles. The quantitative estimate of drug-likeness (QED) is 0.0283. The van der Waals surface area contributed by atoms with Gasteiger partial charge in [0, 0.05) is 19.5 Å². The minimum Gasteiger partial charge on any atom is -0.493 e. The molecule has 4 aromatic rings. The summed E-state index contributed by atoms with van der Waals surface area (Å²) in [6.45, 7) is 3.28. The highest BCUT2D eigenvalue weighted by molar-refractivity contribution is 6.22. The van der Waals surface area contributed by atoms with E-state index in [2.05, 4.69) is 10.6 Å². The zero-order chi connectivity index (χ0) is 57.7. The topological polar surface area (TPSA) is 216 Å². The van der Waals surface area contributed by atoms with Gasteiger partial charge in [0.25, 0.3) is 17.7 Å². The number of carbonyl (C=O) groups is 6. The maximum atomic E-state index is 14.5. The van der Waals surface area contributed by atoms with Crippen molar-refractivity contribution in [3.63, 3.8) is 0 Å². The van der Waals surface area contributed by atoms with Crippen LogP contribution in [0.2, 0.25) is 0 Å². The molecule has 0 aliphatic carbocycles. The summed E-state index contributed by atoms with van der Waals surface area (Å²) in [7, 11) is 7.75. The molecule has 0 bridgehead atoms. The molecule has 7 rings (SSSR count). The van der Waals surface area contributed by atoms with E-state index in [4.69, 9.17) is 42.6 Å². The lowest BCUT2D eigenvalue weighted by atomic mass is 9.91. The fourth-order valence-corrected chi connectivity index (χ4v) is 10.8. The van der Waals surface area contributed by atoms with Crippen molar-refractivity contribution in [2.45, 2.75) is 134 Å². The SMILES string of the molecule is CC[C@H](C(=O)N1CCCC[C@H]1C(=O)O[C@H](CCc1ccc(OC)c(OC)c1)c1cccc(OCC(=O)NCCCCCCCCCCOc2cccc3c2C(=O)N(C2CCC(=O)NCOC2)C3=O)c1)c1cc(OC)c(OC)c(OC)c1. The minimum atomic E-state index is -0.806. The number of hydrogen-bond donors (Lipinski definition) is 2. The summed E-state index contributed by atoms with van der Waals surface area (Å²) >= 11 is 0. The van der Waals surface area contributed by atoms with E-state index in [-0.39, 0.29) is 49.7 Å². The summed E-state index contributed by atoms with van der Waals surface area (Å²) in [6, 6.07) is 20.2. The number of fused-ring (bicyclic) bond motifs is 1. The average Bonchev–Trinajstić information content (AvgIpc) is 3.97. The number of aryl methyl sites for hydroxylation is 1. The Kier molecular flexibility index (Phi) is 23.3. The van der Waals surface area contributed by atoms with Crippen LogP contribution in [0.25, 0.3) is 0 Å². The summed E-state index contributed by atoms with van der Waals surface area (Å²) in [5.74, 6) is 0.815. The third-order valence-corrected chi connectivity index (χ3v) is 15.2. The normalized spacial score (nSPS) is 16.9. The minimum absolute atomic E-state index is 0.0410. The number of imide groups is 1. The van der Waals surface area contributed by atoms with Gasteiger partial charge in [-0.05, 0) is 123 Å². The molecular formula is C62H80N4O15. The third-order valence-electron chi connectivity index (χ3n) is 15.2. The van der Waals surface area contributed by atoms with Crippen molar-refractivity contribution in [1.29, 1.82) is 0 Å². The van der Waals surface area contributed by atoms with E-state index in [0.717, 1.165) is 69.8 Å². The number of unbranched alkanes of at least 4 members (excludes halogenated alkanes) is 7. The van der Waals surface area contributed by atoms with Crippen LogP contribution in [-0.4, -0.2) is 133 Å². The number of rotatable bonds is 30. The van der Waals surface area contributed by atoms with Crippen LogP contribution >= 0.6 is 0 Å². The van der Waals surface area contributed by atoms with Gasteiger partial charge in [0.15, 0.2) is 29.6 Å². The molecule has 2 N–H and O–H groups in total. The Morgan fingerprint density at radius 2 is 1.43 bits per heavy atom. The zero-order valence-corrected chi connectivity index (χ0v) is 47.8. The van der Waals surface area contributed by atoms with E-state index < -0.39 is 41.9 Å². The van der Waals surface area contributed by atoms with Gasteiger partial charge in [-0.15, -0.1) is 0 Å². The van der Waals surface area contributed by atoms with Crippen LogP contribution in [0.4, 0.5) is 0 Å². The fraction of sp³-hybridized carbons (Fsp3) is 0.516. The molecule has 5 amide bonds. The second-order valence-electron chi connectivity index (χ2n) is 20.5. The number of nitrogens with one attached hydrogen (secondary N) is 2. The highest BCUT2D eigenvalue weighted by atomic mass is 16.5. The van der Waals surface area contributed by atoms with E-state index in [1.807, 2.05) is 37.3 Å². The van der Waals surface area contributed by atoms with Crippen LogP contribution in [0.15, 0.2) is 72.8 Å². The Bertz CT molecular complexity index is 2760. The molecule has 81 heavy (non-hydrogen) atoms. The van der Waals surface area contributed by atoms with Crippen molar-refractivity contribution < 1.29 is 71.4 Å². The molecule has 1 unspecified atom stereocenters. The van der Waals surface area contributed by atoms with Gasteiger partial charge >= 0.3 is 5.97 Å². The second kappa shape index (κ2) is 30.9. The van der Waals surface area contributed by atoms with Crippen LogP contribution in [0.5, 0.6) is 40.2 Å². The Morgan fingerprint density at radius 3 is 2.15 bits per heavy atom. The third kappa shape index (κ3) is 16.1. The predicted octanol–water partition coefficient (Wildman–Crippen LogP) is 9.07. The van der Waals surface area contributed by atoms with Crippen molar-refractivity contribution in [2.24, 2.45) is 0 Å². The standard InChI is InChI=1S/C62H80N4O15/c1-7-46(43-36-53(75-4)58(77-6)54(37-43)76-5)59(69)65-32-16-14-23-48(65)62(72)81-49(28-25-41-26-29-50(73-2)52(34-41)74-3)42-20-18-21-45(35-42)80-39-56(68)63-31-15-12-10-8-9-11-13-17-33-79-51-24-19-22-47-57(51)61(71)66(60(47)70)44-27-30-55(67)64-40-78-38-44/h18-22,24,26,29,34-37,44,46,48-49H,7-17,23,25,27-28,30-33,38-40H2,1-6H3,(H,63,68)(H,64,67)/t44?,46-,48-,49+/m0/s1. The van der Waals surface area contributed by atoms with Crippen molar-refractivity contribution in [3.05, 3.63) is 101 Å². The Labute approximate surface area is 475 Å². The number of carbonyl (C=O) groups excluding carboxylic acids is 6. The average molecular weight is 1120 g/mol. The number of amides is 5. The molecule has 0 spiro atoms. The number of methoxy groups -OCH3 is 5. The van der Waals surface area contributed by atoms with E-state index in [1.54, 1.807) is 61.6 Å². The number of piperidine rings is 1. The highest BCUT2D eigenvalue weighted by Crippen LogP contribution is 2.42. The summed E-state index contributed by atoms with van der Waals surface area (Å²) in [5.41, 5.74) is 2.89. The Morgan fingerprint density at radius 1 is 0.716 bits per heavy atom. The number of ether oxygens (including phenoxy) is 9. The Balaban J connectivity index is 0.857. The van der Waals surface area contributed by atoms with E-state index in [9.17, 15) is 28.8 Å². The number of likely N-dealkylation sites (tertiary alicyclic amines) is 1. The fourth-order valence-electron chi connectivity index (χ4n) is 10.8. The van der Waals surface area contributed by atoms with Gasteiger partial charge in [0.2, 0.25) is 17.6 Å². The molecule has 2 saturated heterocycles. The van der Waals surface area contributed by atoms with Crippen LogP contribution < -0.4 is 43.8 Å². The van der Waals surface area contributed by atoms with Crippen LogP contribution in [-0.2, 0) is 35.1 Å². The lowest BCUT2D eigenvalue weighted by Gasteiger charge is -2.37. The molecule has 0 aromatic heterocycles. The van der Waals surface area contributed by atoms with Gasteiger partial charge in [0.05, 0.1) is 71.8 Å². The number of esters is 1. The second-order valence-corrected chi connectivity index (χ2v) is 20.5. The van der Waals surface area contributed by atoms with Crippen molar-refractivity contribution in [2.75, 3.05) is 75.2 Å². The monoisotopic (exact) mass is 1120 g/mol. The first-order valence-electron chi connectivity index (χ1n) is 28.4. The molecule has 3 aliphatic rings. The molecule has 2 fully saturated rings. The van der Waals surface area contributed by atoms with Gasteiger partial charge < -0.3 is 58.2 Å². The first-order valence-corrected chi connectivity index (χ1v) is 28.4. The van der Waals surface area contributed by atoms with Gasteiger partial charge in [0.1, 0.15) is 30.4 Å². The number of nitrogens with zero attached hydrogens (tertiary/aromatic N) is 2. The smallest absolute Gasteiger partial charge is 0.329 e. The van der Waals surface area contributed by atoms with Crippen LogP contribution in [0.3, 0.4) is 0 Å². The summed E-state index contributed by atoms with van der Waals surface area (Å²) in [6.07, 6.45) is 10.9. The number of benzene rings is 4. The molecule has 3 aliphatic heterocycles. The summed E-state index contributed by atoms with van der Waals surface area (Å²) in [5, 5.41) is 5.60. The maximum absolute atomic E-state index is 14.5. The summed E-state index contributed by atoms with van der Waals surface area (Å²) < 4.78 is 51.8. The van der Waals surface area contributed by atoms with E-state index >= 15 is 0 Å². The molecule has 0 radical (unpaired) electrons. The molecule has 19 nitrogen and oxygen atoms in total.